The number of halogens is 1. The van der Waals surface area contributed by atoms with Crippen molar-refractivity contribution >= 4 is 12.2 Å². The van der Waals surface area contributed by atoms with Gasteiger partial charge in [-0.15, -0.1) is 0 Å². The molecule has 6 heteroatoms. The highest BCUT2D eigenvalue weighted by Gasteiger charge is 2.06. The van der Waals surface area contributed by atoms with E-state index in [1.807, 2.05) is 5.43 Å². The van der Waals surface area contributed by atoms with Gasteiger partial charge in [0.15, 0.2) is 11.6 Å². The molecular formula is C15H13FN2O3. The molecule has 0 saturated heterocycles. The number of hydrogen-bond acceptors (Lipinski definition) is 4. The molecular weight excluding hydrogens is 275 g/mol. The van der Waals surface area contributed by atoms with Crippen molar-refractivity contribution in [3.8, 4) is 5.75 Å². The molecule has 2 rings (SSSR count). The van der Waals surface area contributed by atoms with Gasteiger partial charge in [0, 0.05) is 11.1 Å². The summed E-state index contributed by atoms with van der Waals surface area (Å²) in [7, 11) is 0. The molecule has 0 aliphatic carbocycles. The van der Waals surface area contributed by atoms with Gasteiger partial charge in [-0.05, 0) is 35.9 Å². The Kier molecular flexibility index (Phi) is 4.63. The van der Waals surface area contributed by atoms with E-state index in [9.17, 15) is 14.0 Å². The summed E-state index contributed by atoms with van der Waals surface area (Å²) in [6.45, 7) is 0.141. The van der Waals surface area contributed by atoms with Gasteiger partial charge in [-0.2, -0.15) is 0 Å². The number of hydrazine groups is 1. The van der Waals surface area contributed by atoms with Crippen molar-refractivity contribution in [2.45, 2.75) is 6.61 Å². The Morgan fingerprint density at radius 2 is 1.95 bits per heavy atom. The predicted octanol–water partition coefficient (Wildman–Crippen LogP) is 1.82. The maximum atomic E-state index is 13.6. The van der Waals surface area contributed by atoms with Crippen molar-refractivity contribution in [1.29, 1.82) is 0 Å². The fraction of sp³-hybridized carbons (Fsp3) is 0.0667. The van der Waals surface area contributed by atoms with Crippen LogP contribution in [0.1, 0.15) is 26.3 Å². The maximum Gasteiger partial charge on any atom is 0.265 e. The van der Waals surface area contributed by atoms with Crippen LogP contribution < -0.4 is 16.0 Å². The zero-order valence-electron chi connectivity index (χ0n) is 11.0. The summed E-state index contributed by atoms with van der Waals surface area (Å²) in [5, 5.41) is 0. The minimum Gasteiger partial charge on any atom is -0.486 e. The number of amides is 1. The van der Waals surface area contributed by atoms with Crippen molar-refractivity contribution in [2.24, 2.45) is 5.84 Å². The average Bonchev–Trinajstić information content (AvgIpc) is 2.53. The van der Waals surface area contributed by atoms with Crippen LogP contribution in [0, 0.1) is 5.82 Å². The van der Waals surface area contributed by atoms with Gasteiger partial charge < -0.3 is 4.74 Å². The molecule has 0 unspecified atom stereocenters. The summed E-state index contributed by atoms with van der Waals surface area (Å²) in [5.41, 5.74) is 3.46. The number of aldehydes is 1. The largest absolute Gasteiger partial charge is 0.486 e. The van der Waals surface area contributed by atoms with Crippen LogP contribution in [0.25, 0.3) is 0 Å². The van der Waals surface area contributed by atoms with Crippen LogP contribution in [-0.4, -0.2) is 12.2 Å². The SMILES string of the molecule is NNC(=O)c1ccc(COc2ccc(C=O)cc2F)cc1. The fourth-order valence-corrected chi connectivity index (χ4v) is 1.70. The van der Waals surface area contributed by atoms with Gasteiger partial charge in [-0.25, -0.2) is 10.2 Å². The standard InChI is InChI=1S/C15H13FN2O3/c16-13-7-11(8-19)3-6-14(13)21-9-10-1-4-12(5-2-10)15(20)18-17/h1-8H,9,17H2,(H,18,20). The van der Waals surface area contributed by atoms with Crippen LogP contribution in [0.2, 0.25) is 0 Å². The number of nitrogen functional groups attached to an aromatic ring is 1. The number of nitrogens with two attached hydrogens (primary N) is 1. The Bertz CT molecular complexity index is 656. The highest BCUT2D eigenvalue weighted by Crippen LogP contribution is 2.19. The first-order valence-electron chi connectivity index (χ1n) is 6.11. The molecule has 0 aliphatic rings. The monoisotopic (exact) mass is 288 g/mol. The summed E-state index contributed by atoms with van der Waals surface area (Å²) in [6, 6.07) is 10.5. The number of ether oxygens (including phenoxy) is 1. The lowest BCUT2D eigenvalue weighted by Gasteiger charge is -2.08. The van der Waals surface area contributed by atoms with E-state index in [1.165, 1.54) is 12.1 Å². The zero-order valence-corrected chi connectivity index (χ0v) is 11.0. The molecule has 0 fully saturated rings. The minimum atomic E-state index is -0.598. The lowest BCUT2D eigenvalue weighted by atomic mass is 10.1. The predicted molar refractivity (Wildman–Crippen MR) is 74.2 cm³/mol. The van der Waals surface area contributed by atoms with Crippen LogP contribution in [0.5, 0.6) is 5.75 Å². The smallest absolute Gasteiger partial charge is 0.265 e. The van der Waals surface area contributed by atoms with E-state index in [4.69, 9.17) is 10.6 Å². The number of nitrogens with one attached hydrogen (secondary N) is 1. The number of carbonyl (C=O) groups excluding carboxylic acids is 2. The first kappa shape index (κ1) is 14.7. The molecule has 0 radical (unpaired) electrons. The second-order valence-corrected chi connectivity index (χ2v) is 4.27. The normalized spacial score (nSPS) is 10.0. The van der Waals surface area contributed by atoms with Crippen LogP contribution >= 0.6 is 0 Å². The van der Waals surface area contributed by atoms with Gasteiger partial charge in [-0.1, -0.05) is 12.1 Å². The quantitative estimate of drug-likeness (QED) is 0.380. The summed E-state index contributed by atoms with van der Waals surface area (Å²) in [5.74, 6) is 4.10. The number of benzene rings is 2. The maximum absolute atomic E-state index is 13.6. The van der Waals surface area contributed by atoms with E-state index in [1.54, 1.807) is 24.3 Å². The van der Waals surface area contributed by atoms with Gasteiger partial charge in [0.25, 0.3) is 5.91 Å². The molecule has 108 valence electrons. The molecule has 2 aromatic carbocycles. The summed E-state index contributed by atoms with van der Waals surface area (Å²) in [4.78, 5) is 21.8. The topological polar surface area (TPSA) is 81.4 Å². The third-order valence-corrected chi connectivity index (χ3v) is 2.83. The van der Waals surface area contributed by atoms with Crippen molar-refractivity contribution in [2.75, 3.05) is 0 Å². The molecule has 5 nitrogen and oxygen atoms in total. The van der Waals surface area contributed by atoms with Crippen molar-refractivity contribution in [3.63, 3.8) is 0 Å². The van der Waals surface area contributed by atoms with Gasteiger partial charge >= 0.3 is 0 Å². The van der Waals surface area contributed by atoms with Crippen molar-refractivity contribution in [3.05, 3.63) is 65.0 Å². The Morgan fingerprint density at radius 1 is 1.24 bits per heavy atom. The van der Waals surface area contributed by atoms with Crippen LogP contribution in [0.15, 0.2) is 42.5 Å². The van der Waals surface area contributed by atoms with Crippen molar-refractivity contribution < 1.29 is 18.7 Å². The minimum absolute atomic E-state index is 0.0596. The van der Waals surface area contributed by atoms with Crippen LogP contribution in [-0.2, 0) is 6.61 Å². The summed E-state index contributed by atoms with van der Waals surface area (Å²) in [6.07, 6.45) is 0.564. The molecule has 21 heavy (non-hydrogen) atoms. The van der Waals surface area contributed by atoms with E-state index >= 15 is 0 Å². The highest BCUT2D eigenvalue weighted by molar-refractivity contribution is 5.93. The lowest BCUT2D eigenvalue weighted by molar-refractivity contribution is 0.0953. The fourth-order valence-electron chi connectivity index (χ4n) is 1.70. The molecule has 2 aromatic rings. The van der Waals surface area contributed by atoms with E-state index in [0.717, 1.165) is 11.6 Å². The second-order valence-electron chi connectivity index (χ2n) is 4.27. The molecule has 0 spiro atoms. The third-order valence-electron chi connectivity index (χ3n) is 2.83. The number of hydrogen-bond donors (Lipinski definition) is 2. The molecule has 0 bridgehead atoms. The Morgan fingerprint density at radius 3 is 2.52 bits per heavy atom. The summed E-state index contributed by atoms with van der Waals surface area (Å²) < 4.78 is 18.9. The Labute approximate surface area is 120 Å². The molecule has 1 amide bonds. The highest BCUT2D eigenvalue weighted by atomic mass is 19.1. The van der Waals surface area contributed by atoms with Gasteiger partial charge in [0.1, 0.15) is 12.9 Å². The van der Waals surface area contributed by atoms with E-state index < -0.39 is 11.7 Å². The Hall–Kier alpha value is -2.73. The third kappa shape index (κ3) is 3.64. The van der Waals surface area contributed by atoms with E-state index in [0.29, 0.717) is 11.8 Å². The second kappa shape index (κ2) is 6.62. The van der Waals surface area contributed by atoms with Gasteiger partial charge in [0.05, 0.1) is 0 Å². The first-order valence-corrected chi connectivity index (χ1v) is 6.11. The average molecular weight is 288 g/mol. The molecule has 0 aromatic heterocycles. The van der Waals surface area contributed by atoms with E-state index in [2.05, 4.69) is 0 Å². The number of carbonyl (C=O) groups is 2. The first-order chi connectivity index (χ1) is 10.1. The van der Waals surface area contributed by atoms with Gasteiger partial charge in [-0.3, -0.25) is 15.0 Å². The molecule has 0 atom stereocenters. The molecule has 3 N–H and O–H groups in total. The molecule has 0 saturated carbocycles. The van der Waals surface area contributed by atoms with Crippen LogP contribution in [0.3, 0.4) is 0 Å². The summed E-state index contributed by atoms with van der Waals surface area (Å²) >= 11 is 0. The van der Waals surface area contributed by atoms with Crippen LogP contribution in [0.4, 0.5) is 4.39 Å². The Balaban J connectivity index is 2.03. The molecule has 0 aliphatic heterocycles. The zero-order chi connectivity index (χ0) is 15.2. The lowest BCUT2D eigenvalue weighted by Crippen LogP contribution is -2.29. The number of rotatable bonds is 5. The van der Waals surface area contributed by atoms with E-state index in [-0.39, 0.29) is 17.9 Å². The van der Waals surface area contributed by atoms with Gasteiger partial charge in [0.2, 0.25) is 0 Å². The van der Waals surface area contributed by atoms with Crippen molar-refractivity contribution in [1.82, 2.24) is 5.43 Å². The molecule has 0 heterocycles.